The van der Waals surface area contributed by atoms with Crippen LogP contribution in [0.3, 0.4) is 0 Å². The number of benzene rings is 2. The van der Waals surface area contributed by atoms with E-state index in [1.807, 2.05) is 6.07 Å². The molecule has 0 spiro atoms. The number of nitrogens with one attached hydrogen (secondary N) is 1. The highest BCUT2D eigenvalue weighted by molar-refractivity contribution is 5.94. The van der Waals surface area contributed by atoms with Gasteiger partial charge in [-0.25, -0.2) is 4.98 Å². The van der Waals surface area contributed by atoms with Crippen molar-refractivity contribution in [2.24, 2.45) is 0 Å². The number of fused-ring (bicyclic) bond motifs is 1. The van der Waals surface area contributed by atoms with Gasteiger partial charge in [0.1, 0.15) is 5.82 Å². The van der Waals surface area contributed by atoms with Gasteiger partial charge in [0.05, 0.1) is 25.3 Å². The fraction of sp³-hybridized carbons (Fsp3) is 0.440. The van der Waals surface area contributed by atoms with Crippen molar-refractivity contribution in [2.75, 3.05) is 20.8 Å². The largest absolute Gasteiger partial charge is 0.493 e. The van der Waals surface area contributed by atoms with Gasteiger partial charge in [0.15, 0.2) is 11.5 Å². The van der Waals surface area contributed by atoms with Crippen molar-refractivity contribution in [1.82, 2.24) is 14.9 Å². The van der Waals surface area contributed by atoms with Gasteiger partial charge in [0.25, 0.3) is 5.91 Å². The number of carbonyl (C=O) groups excluding carboxylic acids is 1. The van der Waals surface area contributed by atoms with E-state index in [-0.39, 0.29) is 5.91 Å². The van der Waals surface area contributed by atoms with Crippen LogP contribution in [-0.2, 0) is 13.0 Å². The Kier molecular flexibility index (Phi) is 8.33. The summed E-state index contributed by atoms with van der Waals surface area (Å²) in [5.41, 5.74) is 2.80. The summed E-state index contributed by atoms with van der Waals surface area (Å²) < 4.78 is 12.9. The van der Waals surface area contributed by atoms with Crippen LogP contribution in [0, 0.1) is 0 Å². The fourth-order valence-corrected chi connectivity index (χ4v) is 3.79. The van der Waals surface area contributed by atoms with Gasteiger partial charge in [-0.1, -0.05) is 38.3 Å². The molecule has 0 fully saturated rings. The molecule has 0 radical (unpaired) electrons. The minimum absolute atomic E-state index is 0.117. The second-order valence-corrected chi connectivity index (χ2v) is 7.66. The molecule has 6 nitrogen and oxygen atoms in total. The summed E-state index contributed by atoms with van der Waals surface area (Å²) in [6, 6.07) is 13.5. The molecule has 1 heterocycles. The van der Waals surface area contributed by atoms with Crippen LogP contribution in [-0.4, -0.2) is 36.2 Å². The van der Waals surface area contributed by atoms with Crippen LogP contribution in [0.5, 0.6) is 11.5 Å². The monoisotopic (exact) mass is 423 g/mol. The van der Waals surface area contributed by atoms with Gasteiger partial charge in [-0.15, -0.1) is 0 Å². The summed E-state index contributed by atoms with van der Waals surface area (Å²) in [6.07, 6.45) is 6.56. The van der Waals surface area contributed by atoms with Gasteiger partial charge in [-0.2, -0.15) is 0 Å². The molecule has 1 aromatic heterocycles. The third-order valence-electron chi connectivity index (χ3n) is 5.48. The van der Waals surface area contributed by atoms with E-state index in [0.29, 0.717) is 23.6 Å². The van der Waals surface area contributed by atoms with Gasteiger partial charge in [0, 0.05) is 25.1 Å². The van der Waals surface area contributed by atoms with E-state index in [1.165, 1.54) is 24.8 Å². The Bertz CT molecular complexity index is 997. The number of imidazole rings is 1. The Balaban J connectivity index is 1.58. The Morgan fingerprint density at radius 1 is 1.00 bits per heavy atom. The molecule has 0 aliphatic rings. The molecule has 1 amide bonds. The molecule has 0 aliphatic carbocycles. The zero-order chi connectivity index (χ0) is 22.1. The molecule has 3 rings (SSSR count). The van der Waals surface area contributed by atoms with Crippen LogP contribution >= 0.6 is 0 Å². The molecule has 0 unspecified atom stereocenters. The first-order valence-electron chi connectivity index (χ1n) is 11.1. The maximum atomic E-state index is 12.5. The van der Waals surface area contributed by atoms with E-state index >= 15 is 0 Å². The smallest absolute Gasteiger partial charge is 0.251 e. The minimum Gasteiger partial charge on any atom is -0.493 e. The second kappa shape index (κ2) is 11.4. The summed E-state index contributed by atoms with van der Waals surface area (Å²) in [6.45, 7) is 3.81. The molecule has 0 atom stereocenters. The molecule has 0 saturated heterocycles. The molecule has 3 aromatic rings. The first-order chi connectivity index (χ1) is 15.2. The van der Waals surface area contributed by atoms with Crippen molar-refractivity contribution in [2.45, 2.75) is 52.0 Å². The van der Waals surface area contributed by atoms with Crippen molar-refractivity contribution in [3.63, 3.8) is 0 Å². The predicted octanol–water partition coefficient (Wildman–Crippen LogP) is 5.00. The third-order valence-corrected chi connectivity index (χ3v) is 5.48. The lowest BCUT2D eigenvalue weighted by Gasteiger charge is -2.11. The van der Waals surface area contributed by atoms with E-state index in [1.54, 1.807) is 32.4 Å². The van der Waals surface area contributed by atoms with Gasteiger partial charge in [0.2, 0.25) is 0 Å². The topological polar surface area (TPSA) is 65.4 Å². The summed E-state index contributed by atoms with van der Waals surface area (Å²) in [5.74, 6) is 2.14. The average molecular weight is 424 g/mol. The minimum atomic E-state index is -0.117. The first-order valence-corrected chi connectivity index (χ1v) is 11.1. The van der Waals surface area contributed by atoms with E-state index in [0.717, 1.165) is 37.1 Å². The van der Waals surface area contributed by atoms with E-state index in [4.69, 9.17) is 14.5 Å². The number of aryl methyl sites for hydroxylation is 2. The number of aromatic nitrogens is 2. The number of hydrogen-bond acceptors (Lipinski definition) is 4. The predicted molar refractivity (Wildman–Crippen MR) is 124 cm³/mol. The van der Waals surface area contributed by atoms with E-state index in [2.05, 4.69) is 35.0 Å². The Hall–Kier alpha value is -3.02. The van der Waals surface area contributed by atoms with Gasteiger partial charge in [-0.05, 0) is 43.2 Å². The van der Waals surface area contributed by atoms with Crippen LogP contribution in [0.25, 0.3) is 11.0 Å². The van der Waals surface area contributed by atoms with Crippen molar-refractivity contribution in [3.8, 4) is 11.5 Å². The second-order valence-electron chi connectivity index (χ2n) is 7.66. The highest BCUT2D eigenvalue weighted by Crippen LogP contribution is 2.27. The van der Waals surface area contributed by atoms with E-state index in [9.17, 15) is 4.79 Å². The van der Waals surface area contributed by atoms with Crippen LogP contribution in [0.15, 0.2) is 42.5 Å². The number of ether oxygens (including phenoxy) is 2. The SMILES string of the molecule is CCCCCCn1c(CCCNC(=O)c2ccc(OC)c(OC)c2)nc2ccccc21. The Labute approximate surface area is 184 Å². The number of rotatable bonds is 12. The van der Waals surface area contributed by atoms with Crippen molar-refractivity contribution in [1.29, 1.82) is 0 Å². The van der Waals surface area contributed by atoms with Gasteiger partial charge in [-0.3, -0.25) is 4.79 Å². The number of methoxy groups -OCH3 is 2. The number of nitrogens with zero attached hydrogens (tertiary/aromatic N) is 2. The molecule has 1 N–H and O–H groups in total. The molecule has 166 valence electrons. The number of para-hydroxylation sites is 2. The summed E-state index contributed by atoms with van der Waals surface area (Å²) in [4.78, 5) is 17.4. The van der Waals surface area contributed by atoms with Crippen molar-refractivity contribution < 1.29 is 14.3 Å². The van der Waals surface area contributed by atoms with Crippen LogP contribution in [0.4, 0.5) is 0 Å². The first kappa shape index (κ1) is 22.7. The van der Waals surface area contributed by atoms with Crippen LogP contribution in [0.1, 0.15) is 55.2 Å². The molecular weight excluding hydrogens is 390 g/mol. The number of hydrogen-bond donors (Lipinski definition) is 1. The highest BCUT2D eigenvalue weighted by atomic mass is 16.5. The molecule has 0 aliphatic heterocycles. The zero-order valence-electron chi connectivity index (χ0n) is 18.8. The normalized spacial score (nSPS) is 10.9. The number of carbonyl (C=O) groups is 1. The quantitative estimate of drug-likeness (QED) is 0.417. The Morgan fingerprint density at radius 3 is 2.58 bits per heavy atom. The molecule has 2 aromatic carbocycles. The number of unbranched alkanes of at least 4 members (excludes halogenated alkanes) is 3. The summed E-state index contributed by atoms with van der Waals surface area (Å²) >= 11 is 0. The van der Waals surface area contributed by atoms with Crippen molar-refractivity contribution in [3.05, 3.63) is 53.9 Å². The molecule has 0 bridgehead atoms. The average Bonchev–Trinajstić information content (AvgIpc) is 3.16. The lowest BCUT2D eigenvalue weighted by atomic mass is 10.2. The fourth-order valence-electron chi connectivity index (χ4n) is 3.79. The highest BCUT2D eigenvalue weighted by Gasteiger charge is 2.12. The third kappa shape index (κ3) is 5.78. The Morgan fingerprint density at radius 2 is 1.81 bits per heavy atom. The summed E-state index contributed by atoms with van der Waals surface area (Å²) in [7, 11) is 3.14. The maximum Gasteiger partial charge on any atom is 0.251 e. The number of amides is 1. The molecule has 31 heavy (non-hydrogen) atoms. The van der Waals surface area contributed by atoms with Crippen LogP contribution in [0.2, 0.25) is 0 Å². The lowest BCUT2D eigenvalue weighted by Crippen LogP contribution is -2.25. The maximum absolute atomic E-state index is 12.5. The lowest BCUT2D eigenvalue weighted by molar-refractivity contribution is 0.0952. The van der Waals surface area contributed by atoms with Crippen LogP contribution < -0.4 is 14.8 Å². The zero-order valence-corrected chi connectivity index (χ0v) is 18.8. The molecular formula is C25H33N3O3. The van der Waals surface area contributed by atoms with Crippen molar-refractivity contribution >= 4 is 16.9 Å². The molecule has 0 saturated carbocycles. The van der Waals surface area contributed by atoms with Gasteiger partial charge < -0.3 is 19.4 Å². The standard InChI is InChI=1S/C25H33N3O3/c1-4-5-6-9-17-28-21-12-8-7-11-20(21)27-24(28)13-10-16-26-25(29)19-14-15-22(30-2)23(18-19)31-3/h7-8,11-12,14-15,18H,4-6,9-10,13,16-17H2,1-3H3,(H,26,29). The van der Waals surface area contributed by atoms with Gasteiger partial charge >= 0.3 is 0 Å². The molecule has 6 heteroatoms. The summed E-state index contributed by atoms with van der Waals surface area (Å²) in [5, 5.41) is 3.00. The van der Waals surface area contributed by atoms with E-state index < -0.39 is 0 Å².